The van der Waals surface area contributed by atoms with Crippen molar-refractivity contribution >= 4 is 0 Å². The van der Waals surface area contributed by atoms with Crippen LogP contribution in [0.4, 0.5) is 0 Å². The number of hydrogen-bond donors (Lipinski definition) is 2. The van der Waals surface area contributed by atoms with Gasteiger partial charge in [0.05, 0.1) is 12.2 Å². The van der Waals surface area contributed by atoms with Gasteiger partial charge in [0.15, 0.2) is 0 Å². The Bertz CT molecular complexity index is 606. The van der Waals surface area contributed by atoms with Crippen molar-refractivity contribution in [3.8, 4) is 0 Å². The third-order valence-corrected chi connectivity index (χ3v) is 13.2. The maximum absolute atomic E-state index is 6.85. The van der Waals surface area contributed by atoms with E-state index in [0.29, 0.717) is 12.2 Å². The molecule has 6 aliphatic carbocycles. The monoisotopic (exact) mass is 569 g/mol. The van der Waals surface area contributed by atoms with Gasteiger partial charge in [0.25, 0.3) is 0 Å². The minimum Gasteiger partial charge on any atom is -0.375 e. The summed E-state index contributed by atoms with van der Waals surface area (Å²) in [4.78, 5) is 0. The van der Waals surface area contributed by atoms with Crippen molar-refractivity contribution in [1.29, 1.82) is 0 Å². The Balaban J connectivity index is 0.928. The Hall–Kier alpha value is -0.120. The van der Waals surface area contributed by atoms with Crippen LogP contribution in [0.2, 0.25) is 0 Å². The summed E-state index contributed by atoms with van der Waals surface area (Å²) in [6.07, 6.45) is 41.4. The van der Waals surface area contributed by atoms with Crippen LogP contribution in [-0.4, -0.2) is 36.4 Å². The zero-order valence-corrected chi connectivity index (χ0v) is 27.0. The van der Waals surface area contributed by atoms with E-state index in [1.54, 1.807) is 0 Å². The summed E-state index contributed by atoms with van der Waals surface area (Å²) in [5.41, 5.74) is 0. The van der Waals surface area contributed by atoms with Gasteiger partial charge < -0.3 is 15.4 Å². The highest BCUT2D eigenvalue weighted by Gasteiger charge is 2.36. The van der Waals surface area contributed by atoms with Crippen molar-refractivity contribution in [2.75, 3.05) is 0 Å². The number of rotatable bonds is 10. The van der Waals surface area contributed by atoms with Crippen LogP contribution in [-0.2, 0) is 4.74 Å². The Morgan fingerprint density at radius 1 is 0.317 bits per heavy atom. The minimum atomic E-state index is 0.530. The van der Waals surface area contributed by atoms with Crippen molar-refractivity contribution in [1.82, 2.24) is 10.6 Å². The van der Waals surface area contributed by atoms with Gasteiger partial charge in [-0.1, -0.05) is 77.0 Å². The van der Waals surface area contributed by atoms with Crippen molar-refractivity contribution in [3.05, 3.63) is 0 Å². The number of nitrogens with one attached hydrogen (secondary N) is 2. The fourth-order valence-electron chi connectivity index (χ4n) is 10.8. The first-order chi connectivity index (χ1) is 20.3. The molecule has 6 fully saturated rings. The highest BCUT2D eigenvalue weighted by molar-refractivity contribution is 4.92. The van der Waals surface area contributed by atoms with Crippen molar-refractivity contribution in [2.24, 2.45) is 23.7 Å². The van der Waals surface area contributed by atoms with Crippen LogP contribution in [0.5, 0.6) is 0 Å². The number of ether oxygens (including phenoxy) is 1. The average Bonchev–Trinajstić information content (AvgIpc) is 3.06. The molecule has 236 valence electrons. The van der Waals surface area contributed by atoms with Crippen LogP contribution in [0, 0.1) is 23.7 Å². The maximum Gasteiger partial charge on any atom is 0.0580 e. The van der Waals surface area contributed by atoms with Gasteiger partial charge in [-0.05, 0) is 126 Å². The van der Waals surface area contributed by atoms with E-state index in [1.807, 2.05) is 0 Å². The Morgan fingerprint density at radius 2 is 0.585 bits per heavy atom. The summed E-state index contributed by atoms with van der Waals surface area (Å²) in [7, 11) is 0. The summed E-state index contributed by atoms with van der Waals surface area (Å²) in [6, 6.07) is 3.12. The summed E-state index contributed by atoms with van der Waals surface area (Å²) >= 11 is 0. The molecule has 0 bridgehead atoms. The molecule has 6 rings (SSSR count). The lowest BCUT2D eigenvalue weighted by Gasteiger charge is -2.43. The van der Waals surface area contributed by atoms with Crippen LogP contribution in [0.1, 0.15) is 180 Å². The van der Waals surface area contributed by atoms with Crippen molar-refractivity contribution in [3.63, 3.8) is 0 Å². The first-order valence-corrected chi connectivity index (χ1v) is 19.5. The lowest BCUT2D eigenvalue weighted by atomic mass is 9.73. The van der Waals surface area contributed by atoms with Gasteiger partial charge in [-0.3, -0.25) is 0 Å². The van der Waals surface area contributed by atoms with Crippen molar-refractivity contribution < 1.29 is 4.74 Å². The molecule has 6 aliphatic rings. The first kappa shape index (κ1) is 30.9. The Kier molecular flexibility index (Phi) is 12.3. The molecule has 0 aromatic carbocycles. The lowest BCUT2D eigenvalue weighted by Crippen LogP contribution is -2.50. The molecule has 6 saturated carbocycles. The smallest absolute Gasteiger partial charge is 0.0580 e. The van der Waals surface area contributed by atoms with E-state index >= 15 is 0 Å². The third kappa shape index (κ3) is 8.97. The Labute approximate surface area is 254 Å². The molecule has 0 aliphatic heterocycles. The van der Waals surface area contributed by atoms with Crippen LogP contribution < -0.4 is 10.6 Å². The molecule has 0 amide bonds. The van der Waals surface area contributed by atoms with Gasteiger partial charge in [-0.2, -0.15) is 0 Å². The molecule has 0 spiro atoms. The second-order valence-electron chi connectivity index (χ2n) is 16.1. The molecule has 0 radical (unpaired) electrons. The predicted molar refractivity (Wildman–Crippen MR) is 173 cm³/mol. The third-order valence-electron chi connectivity index (χ3n) is 13.2. The summed E-state index contributed by atoms with van der Waals surface area (Å²) in [6.45, 7) is 0. The van der Waals surface area contributed by atoms with E-state index in [9.17, 15) is 0 Å². The second kappa shape index (κ2) is 16.3. The zero-order chi connectivity index (χ0) is 27.7. The molecule has 0 aromatic heterocycles. The molecule has 3 heteroatoms. The van der Waals surface area contributed by atoms with Gasteiger partial charge in [0.1, 0.15) is 0 Å². The van der Waals surface area contributed by atoms with Gasteiger partial charge >= 0.3 is 0 Å². The maximum atomic E-state index is 6.85. The van der Waals surface area contributed by atoms with Gasteiger partial charge in [0.2, 0.25) is 0 Å². The van der Waals surface area contributed by atoms with E-state index in [-0.39, 0.29) is 0 Å². The van der Waals surface area contributed by atoms with E-state index in [2.05, 4.69) is 10.6 Å². The van der Waals surface area contributed by atoms with E-state index in [4.69, 9.17) is 4.74 Å². The highest BCUT2D eigenvalue weighted by atomic mass is 16.5. The SMILES string of the molecule is C1CCC(C(NC2CCC(OC3CCC(NC(C4CCCCC4)C4CCCCC4)CC3)CC2)C2CCCCC2)CC1. The molecule has 0 atom stereocenters. The molecule has 0 aromatic rings. The molecular formula is C38H68N2O. The van der Waals surface area contributed by atoms with E-state index in [1.165, 1.54) is 180 Å². The standard InChI is InChI=1S/C38H68N2O/c1-5-13-29(14-6-1)37(30-15-7-2-8-16-30)39-33-21-25-35(26-22-33)41-36-27-23-34(24-28-36)40-38(31-17-9-3-10-18-31)32-19-11-4-12-20-32/h29-40H,1-28H2. The molecule has 0 unspecified atom stereocenters. The molecule has 0 heterocycles. The average molecular weight is 569 g/mol. The van der Waals surface area contributed by atoms with Gasteiger partial charge in [0, 0.05) is 24.2 Å². The largest absolute Gasteiger partial charge is 0.375 e. The molecule has 2 N–H and O–H groups in total. The molecule has 3 nitrogen and oxygen atoms in total. The first-order valence-electron chi connectivity index (χ1n) is 19.5. The van der Waals surface area contributed by atoms with Crippen LogP contribution >= 0.6 is 0 Å². The summed E-state index contributed by atoms with van der Waals surface area (Å²) < 4.78 is 6.85. The van der Waals surface area contributed by atoms with Crippen LogP contribution in [0.25, 0.3) is 0 Å². The quantitative estimate of drug-likeness (QED) is 0.275. The predicted octanol–water partition coefficient (Wildman–Crippen LogP) is 9.86. The Morgan fingerprint density at radius 3 is 0.854 bits per heavy atom. The highest BCUT2D eigenvalue weighted by Crippen LogP contribution is 2.39. The van der Waals surface area contributed by atoms with Crippen LogP contribution in [0.15, 0.2) is 0 Å². The second-order valence-corrected chi connectivity index (χ2v) is 16.1. The topological polar surface area (TPSA) is 33.3 Å². The summed E-state index contributed by atoms with van der Waals surface area (Å²) in [5, 5.41) is 8.67. The molecule has 41 heavy (non-hydrogen) atoms. The van der Waals surface area contributed by atoms with E-state index < -0.39 is 0 Å². The van der Waals surface area contributed by atoms with Crippen molar-refractivity contribution in [2.45, 2.75) is 216 Å². The number of hydrogen-bond acceptors (Lipinski definition) is 3. The van der Waals surface area contributed by atoms with E-state index in [0.717, 1.165) is 47.8 Å². The normalized spacial score (nSPS) is 34.4. The minimum absolute atomic E-state index is 0.530. The van der Waals surface area contributed by atoms with Gasteiger partial charge in [-0.15, -0.1) is 0 Å². The summed E-state index contributed by atoms with van der Waals surface area (Å²) in [5.74, 6) is 3.83. The van der Waals surface area contributed by atoms with Gasteiger partial charge in [-0.25, -0.2) is 0 Å². The lowest BCUT2D eigenvalue weighted by molar-refractivity contribution is -0.0535. The molecular weight excluding hydrogens is 500 g/mol. The fraction of sp³-hybridized carbons (Fsp3) is 1.00. The fourth-order valence-corrected chi connectivity index (χ4v) is 10.8. The molecule has 0 saturated heterocycles. The van der Waals surface area contributed by atoms with Crippen LogP contribution in [0.3, 0.4) is 0 Å². The zero-order valence-electron chi connectivity index (χ0n) is 27.0.